The van der Waals surface area contributed by atoms with Crippen LogP contribution in [-0.4, -0.2) is 32.6 Å². The maximum absolute atomic E-state index is 14.0. The molecule has 0 spiro atoms. The molecule has 0 radical (unpaired) electrons. The number of nitrogens with one attached hydrogen (secondary N) is 2. The molecule has 0 amide bonds. The molecule has 1 aliphatic heterocycles. The van der Waals surface area contributed by atoms with Gasteiger partial charge in [0.1, 0.15) is 23.0 Å². The minimum atomic E-state index is -0.505. The largest absolute Gasteiger partial charge is 0.350 e. The second-order valence-electron chi connectivity index (χ2n) is 7.99. The third-order valence-electron chi connectivity index (χ3n) is 5.72. The van der Waals surface area contributed by atoms with Gasteiger partial charge in [-0.1, -0.05) is 29.3 Å². The number of rotatable bonds is 6. The minimum absolute atomic E-state index is 0.0407. The Morgan fingerprint density at radius 2 is 1.94 bits per heavy atom. The number of hydrogen-bond acceptors (Lipinski definition) is 5. The molecule has 10 heteroatoms. The summed E-state index contributed by atoms with van der Waals surface area (Å²) in [6, 6.07) is 8.66. The third-order valence-corrected chi connectivity index (χ3v) is 6.35. The van der Waals surface area contributed by atoms with Gasteiger partial charge in [-0.25, -0.2) is 18.7 Å². The Labute approximate surface area is 199 Å². The van der Waals surface area contributed by atoms with E-state index in [0.717, 1.165) is 37.7 Å². The molecule has 5 rings (SSSR count). The zero-order chi connectivity index (χ0) is 22.9. The highest BCUT2D eigenvalue weighted by Gasteiger charge is 2.23. The molecule has 1 fully saturated rings. The van der Waals surface area contributed by atoms with Crippen molar-refractivity contribution in [2.24, 2.45) is 5.92 Å². The molecule has 0 saturated carbocycles. The van der Waals surface area contributed by atoms with Crippen LogP contribution in [0, 0.1) is 17.6 Å². The molecule has 2 aromatic heterocycles. The van der Waals surface area contributed by atoms with Crippen LogP contribution in [0.1, 0.15) is 12.0 Å². The van der Waals surface area contributed by atoms with Gasteiger partial charge in [-0.2, -0.15) is 4.98 Å². The number of hydrogen-bond donors (Lipinski definition) is 2. The molecule has 2 N–H and O–H groups in total. The van der Waals surface area contributed by atoms with Crippen LogP contribution in [0.25, 0.3) is 22.6 Å². The molecule has 4 aromatic rings. The summed E-state index contributed by atoms with van der Waals surface area (Å²) in [4.78, 5) is 13.7. The Morgan fingerprint density at radius 3 is 2.70 bits per heavy atom. The Hall–Kier alpha value is -2.81. The molecular weight excluding hydrogens is 469 g/mol. The van der Waals surface area contributed by atoms with Crippen molar-refractivity contribution in [2.75, 3.05) is 18.4 Å². The lowest BCUT2D eigenvalue weighted by molar-refractivity contribution is 0.490. The quantitative estimate of drug-likeness (QED) is 0.385. The summed E-state index contributed by atoms with van der Waals surface area (Å²) in [6.45, 7) is 2.57. The van der Waals surface area contributed by atoms with Gasteiger partial charge in [0.15, 0.2) is 5.65 Å². The fraction of sp³-hybridized carbons (Fsp3) is 0.261. The Morgan fingerprint density at radius 1 is 1.12 bits per heavy atom. The first-order valence-corrected chi connectivity index (χ1v) is 11.3. The lowest BCUT2D eigenvalue weighted by Crippen LogP contribution is -2.16. The molecule has 3 heterocycles. The smallest absolute Gasteiger partial charge is 0.225 e. The number of anilines is 1. The van der Waals surface area contributed by atoms with Crippen LogP contribution in [0.3, 0.4) is 0 Å². The van der Waals surface area contributed by atoms with E-state index in [1.807, 2.05) is 4.57 Å². The number of fused-ring (bicyclic) bond motifs is 1. The van der Waals surface area contributed by atoms with Crippen LogP contribution in [0.2, 0.25) is 10.0 Å². The summed E-state index contributed by atoms with van der Waals surface area (Å²) in [7, 11) is 0. The second kappa shape index (κ2) is 9.21. The zero-order valence-corrected chi connectivity index (χ0v) is 19.0. The molecule has 0 bridgehead atoms. The zero-order valence-electron chi connectivity index (χ0n) is 17.5. The maximum Gasteiger partial charge on any atom is 0.225 e. The highest BCUT2D eigenvalue weighted by molar-refractivity contribution is 6.39. The van der Waals surface area contributed by atoms with Gasteiger partial charge in [0.2, 0.25) is 5.95 Å². The molecule has 6 nitrogen and oxygen atoms in total. The molecule has 1 atom stereocenters. The van der Waals surface area contributed by atoms with E-state index in [9.17, 15) is 8.78 Å². The number of aromatic nitrogens is 4. The lowest BCUT2D eigenvalue weighted by atomic mass is 10.1. The highest BCUT2D eigenvalue weighted by Crippen LogP contribution is 2.36. The summed E-state index contributed by atoms with van der Waals surface area (Å²) in [6.07, 6.45) is 2.63. The van der Waals surface area contributed by atoms with Gasteiger partial charge < -0.3 is 15.2 Å². The third kappa shape index (κ3) is 4.51. The molecule has 0 aliphatic carbocycles. The van der Waals surface area contributed by atoms with Crippen molar-refractivity contribution in [2.45, 2.75) is 19.5 Å². The SMILES string of the molecule is Fc1ccc(F)c(CNc2ncc3nc(-c4c(Cl)cccc4Cl)n(C[C@H]4CCNC4)c3n2)c1. The fourth-order valence-electron chi connectivity index (χ4n) is 4.06. The van der Waals surface area contributed by atoms with Gasteiger partial charge in [0.05, 0.1) is 21.8 Å². The van der Waals surface area contributed by atoms with Crippen molar-refractivity contribution in [3.05, 3.63) is 69.8 Å². The van der Waals surface area contributed by atoms with Crippen LogP contribution in [0.5, 0.6) is 0 Å². The highest BCUT2D eigenvalue weighted by atomic mass is 35.5. The first-order chi connectivity index (χ1) is 16.0. The van der Waals surface area contributed by atoms with E-state index < -0.39 is 11.6 Å². The Bertz CT molecular complexity index is 1300. The van der Waals surface area contributed by atoms with Gasteiger partial charge in [0.25, 0.3) is 0 Å². The summed E-state index contributed by atoms with van der Waals surface area (Å²) >= 11 is 13.0. The van der Waals surface area contributed by atoms with Gasteiger partial charge in [-0.05, 0) is 55.8 Å². The van der Waals surface area contributed by atoms with E-state index in [1.165, 1.54) is 0 Å². The molecule has 0 unspecified atom stereocenters. The first kappa shape index (κ1) is 22.0. The lowest BCUT2D eigenvalue weighted by Gasteiger charge is -2.15. The predicted molar refractivity (Wildman–Crippen MR) is 125 cm³/mol. The van der Waals surface area contributed by atoms with Crippen LogP contribution < -0.4 is 10.6 Å². The van der Waals surface area contributed by atoms with Crippen molar-refractivity contribution in [1.82, 2.24) is 24.8 Å². The number of nitrogens with zero attached hydrogens (tertiary/aromatic N) is 4. The second-order valence-corrected chi connectivity index (χ2v) is 8.81. The fourth-order valence-corrected chi connectivity index (χ4v) is 4.63. The molecule has 1 saturated heterocycles. The van der Waals surface area contributed by atoms with Crippen molar-refractivity contribution in [3.8, 4) is 11.4 Å². The van der Waals surface area contributed by atoms with E-state index in [1.54, 1.807) is 24.4 Å². The predicted octanol–water partition coefficient (Wildman–Crippen LogP) is 5.30. The van der Waals surface area contributed by atoms with Crippen molar-refractivity contribution in [3.63, 3.8) is 0 Å². The van der Waals surface area contributed by atoms with Gasteiger partial charge >= 0.3 is 0 Å². The number of benzene rings is 2. The maximum atomic E-state index is 14.0. The standard InChI is InChI=1S/C23H20Cl2F2N6/c24-16-2-1-3-17(25)20(16)22-31-19-11-30-23(29-10-14-8-15(26)4-5-18(14)27)32-21(19)33(22)12-13-6-7-28-9-13/h1-5,8,11,13,28H,6-7,9-10,12H2,(H,29,30,32)/t13-/m0/s1. The van der Waals surface area contributed by atoms with Crippen molar-refractivity contribution < 1.29 is 8.78 Å². The molecular formula is C23H20Cl2F2N6. The number of halogens is 4. The average molecular weight is 489 g/mol. The van der Waals surface area contributed by atoms with Crippen molar-refractivity contribution in [1.29, 1.82) is 0 Å². The normalized spacial score (nSPS) is 15.9. The average Bonchev–Trinajstić information content (AvgIpc) is 3.43. The topological polar surface area (TPSA) is 67.7 Å². The summed E-state index contributed by atoms with van der Waals surface area (Å²) in [5, 5.41) is 7.35. The van der Waals surface area contributed by atoms with Crippen LogP contribution in [0.4, 0.5) is 14.7 Å². The van der Waals surface area contributed by atoms with Gasteiger partial charge in [0, 0.05) is 18.7 Å². The van der Waals surface area contributed by atoms with E-state index in [-0.39, 0.29) is 18.1 Å². The monoisotopic (exact) mass is 488 g/mol. The molecule has 33 heavy (non-hydrogen) atoms. The van der Waals surface area contributed by atoms with E-state index in [2.05, 4.69) is 20.6 Å². The van der Waals surface area contributed by atoms with E-state index in [4.69, 9.17) is 28.2 Å². The van der Waals surface area contributed by atoms with Gasteiger partial charge in [-0.15, -0.1) is 0 Å². The van der Waals surface area contributed by atoms with Crippen molar-refractivity contribution >= 4 is 40.3 Å². The molecule has 2 aromatic carbocycles. The van der Waals surface area contributed by atoms with Crippen LogP contribution in [0.15, 0.2) is 42.6 Å². The van der Waals surface area contributed by atoms with E-state index in [0.29, 0.717) is 45.1 Å². The summed E-state index contributed by atoms with van der Waals surface area (Å²) in [5.74, 6) is 0.299. The van der Waals surface area contributed by atoms with Crippen LogP contribution in [-0.2, 0) is 13.1 Å². The first-order valence-electron chi connectivity index (χ1n) is 10.6. The van der Waals surface area contributed by atoms with Crippen LogP contribution >= 0.6 is 23.2 Å². The Balaban J connectivity index is 1.54. The summed E-state index contributed by atoms with van der Waals surface area (Å²) < 4.78 is 29.5. The molecule has 170 valence electrons. The Kier molecular flexibility index (Phi) is 6.14. The van der Waals surface area contributed by atoms with Gasteiger partial charge in [-0.3, -0.25) is 0 Å². The molecule has 1 aliphatic rings. The minimum Gasteiger partial charge on any atom is -0.350 e. The number of imidazole rings is 1. The van der Waals surface area contributed by atoms with E-state index >= 15 is 0 Å². The summed E-state index contributed by atoms with van der Waals surface area (Å²) in [5.41, 5.74) is 2.04.